The van der Waals surface area contributed by atoms with E-state index in [1.165, 1.54) is 11.1 Å². The van der Waals surface area contributed by atoms with Crippen LogP contribution in [0.2, 0.25) is 0 Å². The van der Waals surface area contributed by atoms with E-state index in [4.69, 9.17) is 14.5 Å². The number of nitrogens with zero attached hydrogens (tertiary/aromatic N) is 3. The highest BCUT2D eigenvalue weighted by Crippen LogP contribution is 2.25. The molecule has 1 aliphatic heterocycles. The maximum atomic E-state index is 5.57. The molecule has 1 saturated heterocycles. The fraction of sp³-hybridized carbons (Fsp3) is 0.318. The summed E-state index contributed by atoms with van der Waals surface area (Å²) in [5.41, 5.74) is 5.73. The van der Waals surface area contributed by atoms with Gasteiger partial charge in [-0.2, -0.15) is 0 Å². The third-order valence-electron chi connectivity index (χ3n) is 4.91. The number of ether oxygens (including phenoxy) is 2. The van der Waals surface area contributed by atoms with Gasteiger partial charge in [-0.25, -0.2) is 9.67 Å². The third kappa shape index (κ3) is 3.84. The minimum Gasteiger partial charge on any atom is -0.497 e. The molecule has 0 bridgehead atoms. The number of aromatic nitrogens is 1. The van der Waals surface area contributed by atoms with E-state index in [2.05, 4.69) is 59.2 Å². The highest BCUT2D eigenvalue weighted by Gasteiger charge is 2.17. The summed E-state index contributed by atoms with van der Waals surface area (Å²) in [6.45, 7) is 7.38. The van der Waals surface area contributed by atoms with Gasteiger partial charge in [0.05, 0.1) is 44.8 Å². The molecule has 1 aromatic heterocycles. The summed E-state index contributed by atoms with van der Waals surface area (Å²) < 4.78 is 13.1. The lowest BCUT2D eigenvalue weighted by molar-refractivity contribution is 0.111. The average Bonchev–Trinajstić information content (AvgIpc) is 3.14. The molecule has 0 N–H and O–H groups in total. The van der Waals surface area contributed by atoms with Crippen LogP contribution >= 0.6 is 11.3 Å². The topological polar surface area (TPSA) is 39.0 Å². The van der Waals surface area contributed by atoms with Gasteiger partial charge in [0.1, 0.15) is 5.75 Å². The van der Waals surface area contributed by atoms with Gasteiger partial charge in [-0.15, -0.1) is 11.3 Å². The molecule has 0 amide bonds. The van der Waals surface area contributed by atoms with E-state index in [0.717, 1.165) is 53.8 Å². The molecule has 0 aliphatic carbocycles. The molecule has 3 aromatic rings. The second kappa shape index (κ2) is 8.20. The number of rotatable bonds is 4. The van der Waals surface area contributed by atoms with Crippen LogP contribution < -0.4 is 14.5 Å². The van der Waals surface area contributed by atoms with Crippen molar-refractivity contribution in [1.82, 2.24) is 4.68 Å². The Hall–Kier alpha value is -2.57. The predicted molar refractivity (Wildman–Crippen MR) is 114 cm³/mol. The SMILES string of the molecule is COc1ccc(-c2csc(=Nc3ccc(C)cc3C)n2N2CCOCC2)cc1. The van der Waals surface area contributed by atoms with Gasteiger partial charge in [0.15, 0.2) is 0 Å². The van der Waals surface area contributed by atoms with Gasteiger partial charge < -0.3 is 14.5 Å². The molecular formula is C22H25N3O2S. The fourth-order valence-corrected chi connectivity index (χ4v) is 4.32. The van der Waals surface area contributed by atoms with Crippen molar-refractivity contribution >= 4 is 17.0 Å². The zero-order valence-corrected chi connectivity index (χ0v) is 17.3. The summed E-state index contributed by atoms with van der Waals surface area (Å²) in [4.78, 5) is 5.98. The van der Waals surface area contributed by atoms with Crippen molar-refractivity contribution in [3.05, 3.63) is 63.8 Å². The molecule has 0 spiro atoms. The van der Waals surface area contributed by atoms with Gasteiger partial charge in [-0.05, 0) is 49.7 Å². The normalized spacial score (nSPS) is 15.1. The molecule has 0 radical (unpaired) electrons. The Morgan fingerprint density at radius 3 is 2.46 bits per heavy atom. The van der Waals surface area contributed by atoms with E-state index in [1.807, 2.05) is 12.1 Å². The minimum atomic E-state index is 0.730. The maximum Gasteiger partial charge on any atom is 0.209 e. The summed E-state index contributed by atoms with van der Waals surface area (Å²) in [5, 5.41) is 4.50. The zero-order valence-electron chi connectivity index (χ0n) is 16.5. The molecule has 1 fully saturated rings. The first-order valence-corrected chi connectivity index (χ1v) is 10.3. The summed E-state index contributed by atoms with van der Waals surface area (Å²) in [7, 11) is 1.69. The summed E-state index contributed by atoms with van der Waals surface area (Å²) in [5.74, 6) is 0.858. The van der Waals surface area contributed by atoms with Crippen LogP contribution in [-0.2, 0) is 4.74 Å². The summed E-state index contributed by atoms with van der Waals surface area (Å²) in [6, 6.07) is 14.6. The summed E-state index contributed by atoms with van der Waals surface area (Å²) >= 11 is 1.66. The molecule has 5 nitrogen and oxygen atoms in total. The van der Waals surface area contributed by atoms with Gasteiger partial charge in [0, 0.05) is 10.9 Å². The zero-order chi connectivity index (χ0) is 19.5. The van der Waals surface area contributed by atoms with Gasteiger partial charge in [-0.3, -0.25) is 0 Å². The van der Waals surface area contributed by atoms with Crippen molar-refractivity contribution in [3.63, 3.8) is 0 Å². The van der Waals surface area contributed by atoms with Gasteiger partial charge in [0.2, 0.25) is 4.80 Å². The van der Waals surface area contributed by atoms with E-state index >= 15 is 0 Å². The lowest BCUT2D eigenvalue weighted by Gasteiger charge is -2.31. The molecule has 28 heavy (non-hydrogen) atoms. The van der Waals surface area contributed by atoms with Gasteiger partial charge in [-0.1, -0.05) is 17.7 Å². The van der Waals surface area contributed by atoms with Crippen molar-refractivity contribution in [2.24, 2.45) is 4.99 Å². The second-order valence-corrected chi connectivity index (χ2v) is 7.75. The van der Waals surface area contributed by atoms with Gasteiger partial charge >= 0.3 is 0 Å². The number of benzene rings is 2. The van der Waals surface area contributed by atoms with E-state index < -0.39 is 0 Å². The van der Waals surface area contributed by atoms with E-state index in [9.17, 15) is 0 Å². The van der Waals surface area contributed by atoms with Crippen molar-refractivity contribution in [2.45, 2.75) is 13.8 Å². The largest absolute Gasteiger partial charge is 0.497 e. The van der Waals surface area contributed by atoms with Crippen LogP contribution in [-0.4, -0.2) is 38.1 Å². The van der Waals surface area contributed by atoms with Crippen LogP contribution in [0.3, 0.4) is 0 Å². The van der Waals surface area contributed by atoms with E-state index in [0.29, 0.717) is 0 Å². The molecule has 0 atom stereocenters. The lowest BCUT2D eigenvalue weighted by Crippen LogP contribution is -2.48. The first kappa shape index (κ1) is 18.8. The standard InChI is InChI=1S/C22H25N3O2S/c1-16-4-9-20(17(2)14-16)23-22-25(24-10-12-27-13-11-24)21(15-28-22)18-5-7-19(26-3)8-6-18/h4-9,14-15H,10-13H2,1-3H3. The Bertz CT molecular complexity index is 1020. The monoisotopic (exact) mass is 395 g/mol. The highest BCUT2D eigenvalue weighted by atomic mass is 32.1. The quantitative estimate of drug-likeness (QED) is 0.669. The summed E-state index contributed by atoms with van der Waals surface area (Å²) in [6.07, 6.45) is 0. The lowest BCUT2D eigenvalue weighted by atomic mass is 10.1. The van der Waals surface area contributed by atoms with Gasteiger partial charge in [0.25, 0.3) is 0 Å². The number of aryl methyl sites for hydroxylation is 2. The maximum absolute atomic E-state index is 5.57. The van der Waals surface area contributed by atoms with Crippen LogP contribution in [0.1, 0.15) is 11.1 Å². The van der Waals surface area contributed by atoms with Crippen LogP contribution in [0.25, 0.3) is 11.3 Å². The van der Waals surface area contributed by atoms with E-state index in [-0.39, 0.29) is 0 Å². The van der Waals surface area contributed by atoms with Crippen LogP contribution in [0.5, 0.6) is 5.75 Å². The number of hydrogen-bond donors (Lipinski definition) is 0. The first-order valence-electron chi connectivity index (χ1n) is 9.45. The van der Waals surface area contributed by atoms with Crippen LogP contribution in [0.15, 0.2) is 52.8 Å². The predicted octanol–water partition coefficient (Wildman–Crippen LogP) is 4.04. The fourth-order valence-electron chi connectivity index (χ4n) is 3.40. The Labute approximate surface area is 169 Å². The Balaban J connectivity index is 1.84. The number of morpholine rings is 1. The third-order valence-corrected chi connectivity index (χ3v) is 5.73. The second-order valence-electron chi connectivity index (χ2n) is 6.91. The minimum absolute atomic E-state index is 0.730. The van der Waals surface area contributed by atoms with Crippen LogP contribution in [0.4, 0.5) is 5.69 Å². The Morgan fingerprint density at radius 1 is 1.04 bits per heavy atom. The Morgan fingerprint density at radius 2 is 1.79 bits per heavy atom. The van der Waals surface area contributed by atoms with Crippen molar-refractivity contribution in [3.8, 4) is 17.0 Å². The van der Waals surface area contributed by atoms with Crippen LogP contribution in [0, 0.1) is 13.8 Å². The average molecular weight is 396 g/mol. The Kier molecular flexibility index (Phi) is 5.50. The molecule has 4 rings (SSSR count). The molecule has 6 heteroatoms. The highest BCUT2D eigenvalue weighted by molar-refractivity contribution is 7.07. The molecule has 1 aliphatic rings. The molecule has 2 aromatic carbocycles. The number of methoxy groups -OCH3 is 1. The van der Waals surface area contributed by atoms with Crippen molar-refractivity contribution in [1.29, 1.82) is 0 Å². The molecule has 0 saturated carbocycles. The number of thiazole rings is 1. The molecule has 2 heterocycles. The smallest absolute Gasteiger partial charge is 0.209 e. The van der Waals surface area contributed by atoms with Crippen molar-refractivity contribution < 1.29 is 9.47 Å². The van der Waals surface area contributed by atoms with Crippen molar-refractivity contribution in [2.75, 3.05) is 38.4 Å². The molecular weight excluding hydrogens is 370 g/mol. The number of hydrogen-bond acceptors (Lipinski definition) is 5. The van der Waals surface area contributed by atoms with E-state index in [1.54, 1.807) is 18.4 Å². The molecule has 146 valence electrons. The first-order chi connectivity index (χ1) is 13.7. The molecule has 0 unspecified atom stereocenters.